The smallest absolute Gasteiger partial charge is 0.251 e. The minimum Gasteiger partial charge on any atom is -0.351 e. The van der Waals surface area contributed by atoms with E-state index in [0.717, 1.165) is 25.2 Å². The number of carbonyl (C=O) groups excluding carboxylic acids is 2. The lowest BCUT2D eigenvalue weighted by atomic mass is 10.1. The van der Waals surface area contributed by atoms with E-state index >= 15 is 0 Å². The summed E-state index contributed by atoms with van der Waals surface area (Å²) in [5.74, 6) is -0.209. The Morgan fingerprint density at radius 3 is 2.46 bits per heavy atom. The summed E-state index contributed by atoms with van der Waals surface area (Å²) in [4.78, 5) is 26.1. The summed E-state index contributed by atoms with van der Waals surface area (Å²) in [6.07, 6.45) is 3.13. The van der Waals surface area contributed by atoms with Gasteiger partial charge in [-0.15, -0.1) is 0 Å². The predicted molar refractivity (Wildman–Crippen MR) is 94.6 cm³/mol. The summed E-state index contributed by atoms with van der Waals surface area (Å²) in [6, 6.07) is 6.81. The average Bonchev–Trinajstić information content (AvgIpc) is 3.12. The first-order valence-corrected chi connectivity index (χ1v) is 8.73. The molecular formula is C18H28N4O2. The number of nitrogens with one attached hydrogen (secondary N) is 2. The zero-order valence-electron chi connectivity index (χ0n) is 14.4. The molecule has 0 aromatic heterocycles. The number of amides is 2. The van der Waals surface area contributed by atoms with Crippen LogP contribution in [0.3, 0.4) is 0 Å². The maximum Gasteiger partial charge on any atom is 0.251 e. The molecule has 24 heavy (non-hydrogen) atoms. The van der Waals surface area contributed by atoms with Crippen LogP contribution in [0.4, 0.5) is 0 Å². The lowest BCUT2D eigenvalue weighted by Crippen LogP contribution is -2.39. The van der Waals surface area contributed by atoms with Crippen LogP contribution in [0.25, 0.3) is 0 Å². The van der Waals surface area contributed by atoms with Crippen LogP contribution in [-0.4, -0.2) is 48.9 Å². The summed E-state index contributed by atoms with van der Waals surface area (Å²) in [6.45, 7) is 6.15. The number of hydrogen-bond acceptors (Lipinski definition) is 4. The molecule has 4 N–H and O–H groups in total. The Balaban J connectivity index is 1.73. The Morgan fingerprint density at radius 2 is 1.83 bits per heavy atom. The quantitative estimate of drug-likeness (QED) is 0.659. The van der Waals surface area contributed by atoms with E-state index < -0.39 is 6.04 Å². The Morgan fingerprint density at radius 1 is 1.17 bits per heavy atom. The van der Waals surface area contributed by atoms with Gasteiger partial charge in [-0.1, -0.05) is 19.1 Å². The van der Waals surface area contributed by atoms with Gasteiger partial charge in [-0.05, 0) is 50.0 Å². The van der Waals surface area contributed by atoms with Crippen molar-refractivity contribution < 1.29 is 9.59 Å². The molecule has 0 aliphatic carbocycles. The van der Waals surface area contributed by atoms with Crippen molar-refractivity contribution in [3.8, 4) is 0 Å². The molecule has 1 aromatic carbocycles. The van der Waals surface area contributed by atoms with Gasteiger partial charge in [0.25, 0.3) is 5.91 Å². The second kappa shape index (κ2) is 9.39. The van der Waals surface area contributed by atoms with Gasteiger partial charge in [-0.3, -0.25) is 9.59 Å². The molecule has 1 aliphatic heterocycles. The third kappa shape index (κ3) is 5.62. The van der Waals surface area contributed by atoms with Crippen molar-refractivity contribution in [1.29, 1.82) is 0 Å². The Labute approximate surface area is 143 Å². The van der Waals surface area contributed by atoms with Crippen LogP contribution >= 0.6 is 0 Å². The minimum absolute atomic E-state index is 0.0576. The van der Waals surface area contributed by atoms with Gasteiger partial charge in [0.2, 0.25) is 5.91 Å². The van der Waals surface area contributed by atoms with E-state index in [2.05, 4.69) is 15.5 Å². The van der Waals surface area contributed by atoms with Gasteiger partial charge in [-0.2, -0.15) is 0 Å². The molecule has 1 saturated heterocycles. The first-order chi connectivity index (χ1) is 11.6. The van der Waals surface area contributed by atoms with E-state index in [9.17, 15) is 9.59 Å². The predicted octanol–water partition coefficient (Wildman–Crippen LogP) is 0.866. The van der Waals surface area contributed by atoms with Gasteiger partial charge in [0.15, 0.2) is 0 Å². The molecule has 1 fully saturated rings. The number of benzene rings is 1. The van der Waals surface area contributed by atoms with E-state index in [1.54, 1.807) is 12.1 Å². The second-order valence-electron chi connectivity index (χ2n) is 6.23. The van der Waals surface area contributed by atoms with Crippen molar-refractivity contribution >= 4 is 11.8 Å². The fraction of sp³-hybridized carbons (Fsp3) is 0.556. The minimum atomic E-state index is -0.467. The van der Waals surface area contributed by atoms with Gasteiger partial charge in [0.05, 0.1) is 6.04 Å². The molecule has 0 bridgehead atoms. The van der Waals surface area contributed by atoms with Gasteiger partial charge in [0.1, 0.15) is 0 Å². The third-order valence-corrected chi connectivity index (χ3v) is 4.37. The topological polar surface area (TPSA) is 87.5 Å². The lowest BCUT2D eigenvalue weighted by Gasteiger charge is -2.14. The molecule has 0 unspecified atom stereocenters. The van der Waals surface area contributed by atoms with E-state index in [1.165, 1.54) is 12.8 Å². The molecule has 1 heterocycles. The Bertz CT molecular complexity index is 538. The molecule has 6 nitrogen and oxygen atoms in total. The molecule has 6 heteroatoms. The largest absolute Gasteiger partial charge is 0.351 e. The van der Waals surface area contributed by atoms with Crippen molar-refractivity contribution in [1.82, 2.24) is 15.5 Å². The molecule has 132 valence electrons. The van der Waals surface area contributed by atoms with Crippen LogP contribution in [0.15, 0.2) is 24.3 Å². The molecule has 0 saturated carbocycles. The first-order valence-electron chi connectivity index (χ1n) is 8.73. The summed E-state index contributed by atoms with van der Waals surface area (Å²) >= 11 is 0. The van der Waals surface area contributed by atoms with Crippen LogP contribution in [0.1, 0.15) is 42.1 Å². The highest BCUT2D eigenvalue weighted by molar-refractivity contribution is 5.94. The fourth-order valence-corrected chi connectivity index (χ4v) is 2.72. The van der Waals surface area contributed by atoms with Crippen LogP contribution in [0.2, 0.25) is 0 Å². The Kier molecular flexibility index (Phi) is 7.21. The molecule has 2 amide bonds. The molecule has 1 aromatic rings. The Hall–Kier alpha value is -1.92. The summed E-state index contributed by atoms with van der Waals surface area (Å²) < 4.78 is 0. The monoisotopic (exact) mass is 332 g/mol. The highest BCUT2D eigenvalue weighted by Crippen LogP contribution is 2.07. The number of nitrogens with two attached hydrogens (primary N) is 1. The number of likely N-dealkylation sites (tertiary alicyclic amines) is 1. The molecule has 1 atom stereocenters. The van der Waals surface area contributed by atoms with Gasteiger partial charge >= 0.3 is 0 Å². The fourth-order valence-electron chi connectivity index (χ4n) is 2.72. The van der Waals surface area contributed by atoms with Crippen molar-refractivity contribution in [2.45, 2.75) is 38.8 Å². The van der Waals surface area contributed by atoms with Gasteiger partial charge in [-0.25, -0.2) is 0 Å². The van der Waals surface area contributed by atoms with Crippen molar-refractivity contribution in [3.63, 3.8) is 0 Å². The molecule has 2 rings (SSSR count). The lowest BCUT2D eigenvalue weighted by molar-refractivity contribution is -0.122. The summed E-state index contributed by atoms with van der Waals surface area (Å²) in [5.41, 5.74) is 7.25. The first kappa shape index (κ1) is 18.4. The van der Waals surface area contributed by atoms with Crippen LogP contribution in [0.5, 0.6) is 0 Å². The van der Waals surface area contributed by atoms with Gasteiger partial charge in [0, 0.05) is 25.2 Å². The molecule has 0 spiro atoms. The second-order valence-corrected chi connectivity index (χ2v) is 6.23. The molecular weight excluding hydrogens is 304 g/mol. The van der Waals surface area contributed by atoms with Crippen molar-refractivity contribution in [2.24, 2.45) is 5.73 Å². The summed E-state index contributed by atoms with van der Waals surface area (Å²) in [7, 11) is 0. The number of rotatable bonds is 8. The SMILES string of the molecule is CC[C@H](N)C(=O)NCc1ccc(C(=O)NCCN2CCCC2)cc1. The number of hydrogen-bond donors (Lipinski definition) is 3. The van der Waals surface area contributed by atoms with Crippen LogP contribution < -0.4 is 16.4 Å². The van der Waals surface area contributed by atoms with E-state index in [0.29, 0.717) is 25.1 Å². The maximum absolute atomic E-state index is 12.1. The highest BCUT2D eigenvalue weighted by Gasteiger charge is 2.12. The normalized spacial score (nSPS) is 15.9. The van der Waals surface area contributed by atoms with E-state index in [-0.39, 0.29) is 11.8 Å². The van der Waals surface area contributed by atoms with Gasteiger partial charge < -0.3 is 21.3 Å². The number of carbonyl (C=O) groups is 2. The summed E-state index contributed by atoms with van der Waals surface area (Å²) in [5, 5.41) is 5.75. The third-order valence-electron chi connectivity index (χ3n) is 4.37. The van der Waals surface area contributed by atoms with E-state index in [4.69, 9.17) is 5.73 Å². The van der Waals surface area contributed by atoms with Crippen LogP contribution in [-0.2, 0) is 11.3 Å². The zero-order chi connectivity index (χ0) is 17.4. The van der Waals surface area contributed by atoms with Crippen molar-refractivity contribution in [3.05, 3.63) is 35.4 Å². The standard InChI is InChI=1S/C18H28N4O2/c1-2-16(19)18(24)21-13-14-5-7-15(8-6-14)17(23)20-9-12-22-10-3-4-11-22/h5-8,16H,2-4,9-13,19H2,1H3,(H,20,23)(H,21,24)/t16-/m0/s1. The maximum atomic E-state index is 12.1. The van der Waals surface area contributed by atoms with E-state index in [1.807, 2.05) is 19.1 Å². The molecule has 1 aliphatic rings. The van der Waals surface area contributed by atoms with Crippen LogP contribution in [0, 0.1) is 0 Å². The highest BCUT2D eigenvalue weighted by atomic mass is 16.2. The zero-order valence-corrected chi connectivity index (χ0v) is 14.4. The average molecular weight is 332 g/mol. The number of nitrogens with zero attached hydrogens (tertiary/aromatic N) is 1. The van der Waals surface area contributed by atoms with Crippen molar-refractivity contribution in [2.75, 3.05) is 26.2 Å². The molecule has 0 radical (unpaired) electrons.